The van der Waals surface area contributed by atoms with Crippen LogP contribution < -0.4 is 24.4 Å². The maximum Gasteiger partial charge on any atom is 0.254 e. The van der Waals surface area contributed by atoms with Crippen LogP contribution in [0.3, 0.4) is 0 Å². The first-order valence-corrected chi connectivity index (χ1v) is 9.30. The van der Waals surface area contributed by atoms with Crippen molar-refractivity contribution >= 4 is 17.5 Å². The summed E-state index contributed by atoms with van der Waals surface area (Å²) < 4.78 is 17.3. The van der Waals surface area contributed by atoms with Crippen molar-refractivity contribution in [3.8, 4) is 17.2 Å². The zero-order chi connectivity index (χ0) is 19.7. The molecule has 0 bridgehead atoms. The number of carbonyl (C=O) groups excluding carboxylic acids is 2. The van der Waals surface area contributed by atoms with Crippen molar-refractivity contribution in [2.75, 3.05) is 24.7 Å². The first-order chi connectivity index (χ1) is 13.6. The number of fused-ring (bicyclic) bond motifs is 2. The van der Waals surface area contributed by atoms with Gasteiger partial charge < -0.3 is 24.4 Å². The summed E-state index contributed by atoms with van der Waals surface area (Å²) in [6.45, 7) is 4.49. The summed E-state index contributed by atoms with van der Waals surface area (Å²) in [4.78, 5) is 26.3. The second kappa shape index (κ2) is 7.42. The molecule has 2 atom stereocenters. The topological polar surface area (TPSA) is 77.1 Å². The number of ether oxygens (including phenoxy) is 3. The summed E-state index contributed by atoms with van der Waals surface area (Å²) in [5.41, 5.74) is 1.47. The molecule has 2 unspecified atom stereocenters. The average molecular weight is 382 g/mol. The summed E-state index contributed by atoms with van der Waals surface area (Å²) in [5.74, 6) is 1.57. The largest absolute Gasteiger partial charge is 0.494 e. The Morgan fingerprint density at radius 3 is 2.79 bits per heavy atom. The van der Waals surface area contributed by atoms with Crippen molar-refractivity contribution in [3.05, 3.63) is 48.0 Å². The standard InChI is InChI=1S/C21H22N2O5/c1-3-26-14-8-9-17-16(10-14)20(22-13(2)24)21(25)23(17)11-15-12-27-18-6-4-5-7-19(18)28-15/h4-10,15,20H,3,11-12H2,1-2H3,(H,22,24). The van der Waals surface area contributed by atoms with Crippen LogP contribution in [0.25, 0.3) is 0 Å². The van der Waals surface area contributed by atoms with Crippen molar-refractivity contribution < 1.29 is 23.8 Å². The van der Waals surface area contributed by atoms with Gasteiger partial charge in [-0.15, -0.1) is 0 Å². The molecule has 2 heterocycles. The first kappa shape index (κ1) is 18.2. The number of carbonyl (C=O) groups is 2. The molecule has 0 saturated heterocycles. The van der Waals surface area contributed by atoms with Crippen molar-refractivity contribution in [1.29, 1.82) is 0 Å². The predicted octanol–water partition coefficient (Wildman–Crippen LogP) is 2.45. The Labute approximate surface area is 163 Å². The van der Waals surface area contributed by atoms with Gasteiger partial charge in [0.1, 0.15) is 18.4 Å². The summed E-state index contributed by atoms with van der Waals surface area (Å²) in [7, 11) is 0. The normalized spacial score (nSPS) is 19.9. The van der Waals surface area contributed by atoms with Crippen LogP contribution in [0.1, 0.15) is 25.5 Å². The van der Waals surface area contributed by atoms with E-state index >= 15 is 0 Å². The third kappa shape index (κ3) is 3.35. The van der Waals surface area contributed by atoms with Gasteiger partial charge in [-0.2, -0.15) is 0 Å². The zero-order valence-corrected chi connectivity index (χ0v) is 15.8. The fourth-order valence-electron chi connectivity index (χ4n) is 3.56. The Bertz CT molecular complexity index is 913. The number of rotatable bonds is 5. The lowest BCUT2D eigenvalue weighted by atomic mass is 10.1. The number of hydrogen-bond acceptors (Lipinski definition) is 5. The number of benzene rings is 2. The van der Waals surface area contributed by atoms with Gasteiger partial charge in [0.15, 0.2) is 17.6 Å². The highest BCUT2D eigenvalue weighted by Crippen LogP contribution is 2.39. The van der Waals surface area contributed by atoms with Crippen LogP contribution in [0.15, 0.2) is 42.5 Å². The molecule has 28 heavy (non-hydrogen) atoms. The lowest BCUT2D eigenvalue weighted by Crippen LogP contribution is -2.44. The Hall–Kier alpha value is -3.22. The molecular weight excluding hydrogens is 360 g/mol. The number of para-hydroxylation sites is 2. The monoisotopic (exact) mass is 382 g/mol. The Morgan fingerprint density at radius 2 is 2.04 bits per heavy atom. The lowest BCUT2D eigenvalue weighted by molar-refractivity contribution is -0.126. The fraction of sp³-hybridized carbons (Fsp3) is 0.333. The van der Waals surface area contributed by atoms with Gasteiger partial charge in [-0.05, 0) is 37.3 Å². The molecule has 7 nitrogen and oxygen atoms in total. The molecule has 146 valence electrons. The van der Waals surface area contributed by atoms with Gasteiger partial charge in [-0.3, -0.25) is 9.59 Å². The zero-order valence-electron chi connectivity index (χ0n) is 15.8. The number of nitrogens with zero attached hydrogens (tertiary/aromatic N) is 1. The summed E-state index contributed by atoms with van der Waals surface area (Å²) >= 11 is 0. The highest BCUT2D eigenvalue weighted by molar-refractivity contribution is 6.06. The second-order valence-corrected chi connectivity index (χ2v) is 6.73. The molecule has 0 saturated carbocycles. The number of anilines is 1. The highest BCUT2D eigenvalue weighted by Gasteiger charge is 2.40. The SMILES string of the molecule is CCOc1ccc2c(c1)C(NC(C)=O)C(=O)N2CC1COc2ccccc2O1. The van der Waals surface area contributed by atoms with Crippen LogP contribution in [0.2, 0.25) is 0 Å². The predicted molar refractivity (Wildman–Crippen MR) is 103 cm³/mol. The van der Waals surface area contributed by atoms with Crippen LogP contribution in [0.4, 0.5) is 5.69 Å². The molecule has 2 amide bonds. The Balaban J connectivity index is 1.59. The van der Waals surface area contributed by atoms with Crippen LogP contribution in [0.5, 0.6) is 17.2 Å². The van der Waals surface area contributed by atoms with E-state index in [-0.39, 0.29) is 17.9 Å². The minimum Gasteiger partial charge on any atom is -0.494 e. The lowest BCUT2D eigenvalue weighted by Gasteiger charge is -2.30. The molecule has 0 spiro atoms. The summed E-state index contributed by atoms with van der Waals surface area (Å²) in [6.07, 6.45) is -0.311. The van der Waals surface area contributed by atoms with E-state index in [4.69, 9.17) is 14.2 Å². The Morgan fingerprint density at radius 1 is 1.25 bits per heavy atom. The second-order valence-electron chi connectivity index (χ2n) is 6.73. The molecular formula is C21H22N2O5. The van der Waals surface area contributed by atoms with Gasteiger partial charge >= 0.3 is 0 Å². The van der Waals surface area contributed by atoms with Crippen LogP contribution in [-0.4, -0.2) is 37.7 Å². The molecule has 2 aliphatic heterocycles. The van der Waals surface area contributed by atoms with Gasteiger partial charge in [0.2, 0.25) is 5.91 Å². The van der Waals surface area contributed by atoms with Gasteiger partial charge in [0, 0.05) is 18.2 Å². The van der Waals surface area contributed by atoms with Crippen molar-refractivity contribution in [2.24, 2.45) is 0 Å². The summed E-state index contributed by atoms with van der Waals surface area (Å²) in [6, 6.07) is 12.2. The maximum absolute atomic E-state index is 13.1. The third-order valence-corrected chi connectivity index (χ3v) is 4.73. The molecule has 0 aromatic heterocycles. The first-order valence-electron chi connectivity index (χ1n) is 9.30. The number of hydrogen-bond donors (Lipinski definition) is 1. The van der Waals surface area contributed by atoms with Gasteiger partial charge in [0.05, 0.1) is 13.2 Å². The van der Waals surface area contributed by atoms with Crippen molar-refractivity contribution in [1.82, 2.24) is 5.32 Å². The minimum absolute atomic E-state index is 0.193. The smallest absolute Gasteiger partial charge is 0.254 e. The molecule has 2 aliphatic rings. The van der Waals surface area contributed by atoms with E-state index in [1.165, 1.54) is 6.92 Å². The molecule has 1 N–H and O–H groups in total. The van der Waals surface area contributed by atoms with E-state index in [1.54, 1.807) is 4.90 Å². The fourth-order valence-corrected chi connectivity index (χ4v) is 3.56. The Kier molecular flexibility index (Phi) is 4.81. The molecule has 2 aromatic rings. The van der Waals surface area contributed by atoms with E-state index in [0.717, 1.165) is 11.3 Å². The quantitative estimate of drug-likeness (QED) is 0.860. The number of amides is 2. The van der Waals surface area contributed by atoms with Gasteiger partial charge in [0.25, 0.3) is 5.91 Å². The van der Waals surface area contributed by atoms with Crippen LogP contribution in [-0.2, 0) is 9.59 Å². The molecule has 0 radical (unpaired) electrons. The van der Waals surface area contributed by atoms with E-state index in [0.29, 0.717) is 37.0 Å². The summed E-state index contributed by atoms with van der Waals surface area (Å²) in [5, 5.41) is 2.74. The average Bonchev–Trinajstić information content (AvgIpc) is 2.93. The highest BCUT2D eigenvalue weighted by atomic mass is 16.6. The van der Waals surface area contributed by atoms with E-state index in [9.17, 15) is 9.59 Å². The minimum atomic E-state index is -0.732. The third-order valence-electron chi connectivity index (χ3n) is 4.73. The molecule has 4 rings (SSSR count). The van der Waals surface area contributed by atoms with Crippen molar-refractivity contribution in [2.45, 2.75) is 26.0 Å². The van der Waals surface area contributed by atoms with E-state index in [2.05, 4.69) is 5.32 Å². The maximum atomic E-state index is 13.1. The molecule has 0 aliphatic carbocycles. The van der Waals surface area contributed by atoms with E-state index in [1.807, 2.05) is 49.4 Å². The molecule has 0 fully saturated rings. The van der Waals surface area contributed by atoms with Gasteiger partial charge in [-0.25, -0.2) is 0 Å². The van der Waals surface area contributed by atoms with Crippen LogP contribution >= 0.6 is 0 Å². The van der Waals surface area contributed by atoms with Gasteiger partial charge in [-0.1, -0.05) is 12.1 Å². The molecule has 2 aromatic carbocycles. The van der Waals surface area contributed by atoms with E-state index < -0.39 is 6.04 Å². The van der Waals surface area contributed by atoms with Crippen LogP contribution in [0, 0.1) is 0 Å². The van der Waals surface area contributed by atoms with Crippen molar-refractivity contribution in [3.63, 3.8) is 0 Å². The molecule has 7 heteroatoms. The number of nitrogens with one attached hydrogen (secondary N) is 1.